The molecular formula is C12H13NO2S. The van der Waals surface area contributed by atoms with E-state index in [0.717, 1.165) is 15.6 Å². The molecule has 3 nitrogen and oxygen atoms in total. The zero-order valence-corrected chi connectivity index (χ0v) is 9.59. The summed E-state index contributed by atoms with van der Waals surface area (Å²) in [5.41, 5.74) is 6.33. The predicted octanol–water partition coefficient (Wildman–Crippen LogP) is 1.93. The number of hydrogen-bond acceptors (Lipinski definition) is 3. The second-order valence-corrected chi connectivity index (χ2v) is 4.65. The summed E-state index contributed by atoms with van der Waals surface area (Å²) in [6.07, 6.45) is 1.35. The Labute approximate surface area is 97.5 Å². The van der Waals surface area contributed by atoms with E-state index in [1.165, 1.54) is 11.3 Å². The molecule has 1 aromatic heterocycles. The summed E-state index contributed by atoms with van der Waals surface area (Å²) in [7, 11) is 0. The van der Waals surface area contributed by atoms with Crippen LogP contribution in [0.3, 0.4) is 0 Å². The molecule has 1 amide bonds. The van der Waals surface area contributed by atoms with E-state index in [1.54, 1.807) is 0 Å². The van der Waals surface area contributed by atoms with Gasteiger partial charge in [0.05, 0.1) is 4.88 Å². The fourth-order valence-electron chi connectivity index (χ4n) is 1.80. The lowest BCUT2D eigenvalue weighted by molar-refractivity contribution is 0.100. The van der Waals surface area contributed by atoms with Gasteiger partial charge in [0.15, 0.2) is 0 Å². The smallest absolute Gasteiger partial charge is 0.259 e. The Morgan fingerprint density at radius 1 is 1.38 bits per heavy atom. The van der Waals surface area contributed by atoms with E-state index in [-0.39, 0.29) is 12.5 Å². The predicted molar refractivity (Wildman–Crippen MR) is 65.7 cm³/mol. The Bertz CT molecular complexity index is 519. The van der Waals surface area contributed by atoms with Gasteiger partial charge < -0.3 is 10.8 Å². The number of thiophene rings is 1. The zero-order valence-electron chi connectivity index (χ0n) is 8.77. The van der Waals surface area contributed by atoms with Crippen LogP contribution in [0.4, 0.5) is 0 Å². The minimum atomic E-state index is -0.380. The van der Waals surface area contributed by atoms with E-state index in [2.05, 4.69) is 0 Å². The van der Waals surface area contributed by atoms with Crippen molar-refractivity contribution < 1.29 is 9.90 Å². The molecule has 0 bridgehead atoms. The zero-order chi connectivity index (χ0) is 11.5. The lowest BCUT2D eigenvalue weighted by Gasteiger charge is -2.00. The van der Waals surface area contributed by atoms with Gasteiger partial charge in [-0.25, -0.2) is 0 Å². The molecule has 16 heavy (non-hydrogen) atoms. The van der Waals surface area contributed by atoms with Gasteiger partial charge in [-0.1, -0.05) is 18.2 Å². The molecule has 0 aliphatic heterocycles. The molecule has 0 spiro atoms. The molecule has 0 fully saturated rings. The van der Waals surface area contributed by atoms with Gasteiger partial charge in [-0.2, -0.15) is 0 Å². The third-order valence-electron chi connectivity index (χ3n) is 2.51. The minimum Gasteiger partial charge on any atom is -0.396 e. The quantitative estimate of drug-likeness (QED) is 0.850. The highest BCUT2D eigenvalue weighted by Crippen LogP contribution is 2.31. The van der Waals surface area contributed by atoms with Gasteiger partial charge >= 0.3 is 0 Å². The topological polar surface area (TPSA) is 63.3 Å². The summed E-state index contributed by atoms with van der Waals surface area (Å²) in [5.74, 6) is -0.380. The maximum Gasteiger partial charge on any atom is 0.259 e. The SMILES string of the molecule is NC(=O)c1sc2ccccc2c1CCCO. The van der Waals surface area contributed by atoms with Crippen molar-refractivity contribution in [2.45, 2.75) is 12.8 Å². The van der Waals surface area contributed by atoms with E-state index in [4.69, 9.17) is 10.8 Å². The maximum atomic E-state index is 11.3. The van der Waals surface area contributed by atoms with Crippen molar-refractivity contribution in [2.24, 2.45) is 5.73 Å². The number of rotatable bonds is 4. The van der Waals surface area contributed by atoms with Gasteiger partial charge in [0.1, 0.15) is 0 Å². The van der Waals surface area contributed by atoms with Crippen molar-refractivity contribution >= 4 is 27.3 Å². The molecule has 0 saturated heterocycles. The molecule has 4 heteroatoms. The van der Waals surface area contributed by atoms with Crippen LogP contribution in [-0.4, -0.2) is 17.6 Å². The summed E-state index contributed by atoms with van der Waals surface area (Å²) in [5, 5.41) is 9.93. The summed E-state index contributed by atoms with van der Waals surface area (Å²) >= 11 is 1.43. The number of carbonyl (C=O) groups excluding carboxylic acids is 1. The third kappa shape index (κ3) is 1.94. The van der Waals surface area contributed by atoms with Gasteiger partial charge in [-0.05, 0) is 29.9 Å². The van der Waals surface area contributed by atoms with Crippen LogP contribution in [0, 0.1) is 0 Å². The number of fused-ring (bicyclic) bond motifs is 1. The fourth-order valence-corrected chi connectivity index (χ4v) is 2.91. The third-order valence-corrected chi connectivity index (χ3v) is 3.73. The molecule has 1 heterocycles. The molecular weight excluding hydrogens is 222 g/mol. The number of aryl methyl sites for hydroxylation is 1. The molecule has 1 aromatic carbocycles. The van der Waals surface area contributed by atoms with Crippen LogP contribution < -0.4 is 5.73 Å². The number of aliphatic hydroxyl groups excluding tert-OH is 1. The van der Waals surface area contributed by atoms with Crippen LogP contribution in [0.5, 0.6) is 0 Å². The largest absolute Gasteiger partial charge is 0.396 e. The normalized spacial score (nSPS) is 10.8. The second-order valence-electron chi connectivity index (χ2n) is 3.60. The molecule has 3 N–H and O–H groups in total. The van der Waals surface area contributed by atoms with Crippen molar-refractivity contribution in [3.63, 3.8) is 0 Å². The Morgan fingerprint density at radius 2 is 2.12 bits per heavy atom. The number of benzene rings is 1. The van der Waals surface area contributed by atoms with Crippen LogP contribution in [0.1, 0.15) is 21.7 Å². The van der Waals surface area contributed by atoms with Crippen LogP contribution in [-0.2, 0) is 6.42 Å². The summed E-state index contributed by atoms with van der Waals surface area (Å²) in [6, 6.07) is 7.86. The Morgan fingerprint density at radius 3 is 2.81 bits per heavy atom. The van der Waals surface area contributed by atoms with Crippen LogP contribution in [0.2, 0.25) is 0 Å². The molecule has 0 unspecified atom stereocenters. The number of amides is 1. The molecule has 0 atom stereocenters. The molecule has 2 rings (SSSR count). The second kappa shape index (κ2) is 4.63. The van der Waals surface area contributed by atoms with Gasteiger partial charge in [0, 0.05) is 11.3 Å². The highest BCUT2D eigenvalue weighted by atomic mass is 32.1. The molecule has 84 valence electrons. The van der Waals surface area contributed by atoms with Gasteiger partial charge in [0.25, 0.3) is 5.91 Å². The highest BCUT2D eigenvalue weighted by Gasteiger charge is 2.15. The first-order valence-corrected chi connectivity index (χ1v) is 5.96. The standard InChI is InChI=1S/C12H13NO2S/c13-12(15)11-9(5-3-7-14)8-4-1-2-6-10(8)16-11/h1-2,4,6,14H,3,5,7H2,(H2,13,15). The summed E-state index contributed by atoms with van der Waals surface area (Å²) in [6.45, 7) is 0.127. The van der Waals surface area contributed by atoms with Crippen molar-refractivity contribution in [3.05, 3.63) is 34.7 Å². The average Bonchev–Trinajstić information content (AvgIpc) is 2.65. The van der Waals surface area contributed by atoms with E-state index >= 15 is 0 Å². The fraction of sp³-hybridized carbons (Fsp3) is 0.250. The average molecular weight is 235 g/mol. The number of carbonyl (C=O) groups is 1. The molecule has 0 radical (unpaired) electrons. The Kier molecular flexibility index (Phi) is 3.22. The van der Waals surface area contributed by atoms with Crippen LogP contribution in [0.25, 0.3) is 10.1 Å². The van der Waals surface area contributed by atoms with Crippen molar-refractivity contribution in [1.29, 1.82) is 0 Å². The minimum absolute atomic E-state index is 0.127. The van der Waals surface area contributed by atoms with Gasteiger partial charge in [0.2, 0.25) is 0 Å². The molecule has 0 saturated carbocycles. The van der Waals surface area contributed by atoms with E-state index in [1.807, 2.05) is 24.3 Å². The first kappa shape index (κ1) is 11.1. The van der Waals surface area contributed by atoms with E-state index in [0.29, 0.717) is 17.7 Å². The first-order chi connectivity index (χ1) is 7.74. The monoisotopic (exact) mass is 235 g/mol. The molecule has 0 aliphatic rings. The highest BCUT2D eigenvalue weighted by molar-refractivity contribution is 7.21. The first-order valence-electron chi connectivity index (χ1n) is 5.15. The number of hydrogen-bond donors (Lipinski definition) is 2. The molecule has 2 aromatic rings. The molecule has 0 aliphatic carbocycles. The number of nitrogens with two attached hydrogens (primary N) is 1. The van der Waals surface area contributed by atoms with E-state index in [9.17, 15) is 4.79 Å². The van der Waals surface area contributed by atoms with Crippen molar-refractivity contribution in [2.75, 3.05) is 6.61 Å². The van der Waals surface area contributed by atoms with Crippen molar-refractivity contribution in [1.82, 2.24) is 0 Å². The number of aliphatic hydroxyl groups is 1. The maximum absolute atomic E-state index is 11.3. The Hall–Kier alpha value is -1.39. The summed E-state index contributed by atoms with van der Waals surface area (Å²) < 4.78 is 1.07. The van der Waals surface area contributed by atoms with Crippen LogP contribution in [0.15, 0.2) is 24.3 Å². The summed E-state index contributed by atoms with van der Waals surface area (Å²) in [4.78, 5) is 11.9. The number of primary amides is 1. The van der Waals surface area contributed by atoms with Crippen molar-refractivity contribution in [3.8, 4) is 0 Å². The van der Waals surface area contributed by atoms with Gasteiger partial charge in [-0.3, -0.25) is 4.79 Å². The Balaban J connectivity index is 2.55. The van der Waals surface area contributed by atoms with E-state index < -0.39 is 0 Å². The van der Waals surface area contributed by atoms with Gasteiger partial charge in [-0.15, -0.1) is 11.3 Å². The lowest BCUT2D eigenvalue weighted by atomic mass is 10.1. The van der Waals surface area contributed by atoms with Crippen LogP contribution >= 0.6 is 11.3 Å². The lowest BCUT2D eigenvalue weighted by Crippen LogP contribution is -2.11.